The summed E-state index contributed by atoms with van der Waals surface area (Å²) >= 11 is 0. The van der Waals surface area contributed by atoms with E-state index in [0.717, 1.165) is 29.9 Å². The number of aliphatic hydroxyl groups excluding tert-OH is 1. The zero-order valence-electron chi connectivity index (χ0n) is 16.9. The second-order valence-corrected chi connectivity index (χ2v) is 7.79. The molecule has 0 saturated carbocycles. The molecule has 1 unspecified atom stereocenters. The summed E-state index contributed by atoms with van der Waals surface area (Å²) < 4.78 is 9.89. The van der Waals surface area contributed by atoms with Crippen LogP contribution in [0.15, 0.2) is 54.6 Å². The van der Waals surface area contributed by atoms with Crippen LogP contribution in [0, 0.1) is 0 Å². The van der Waals surface area contributed by atoms with E-state index in [1.165, 1.54) is 32.4 Å². The van der Waals surface area contributed by atoms with E-state index in [0.29, 0.717) is 12.5 Å². The van der Waals surface area contributed by atoms with Crippen LogP contribution in [0.5, 0.6) is 5.75 Å². The molecule has 29 heavy (non-hydrogen) atoms. The van der Waals surface area contributed by atoms with Gasteiger partial charge in [0.1, 0.15) is 36.0 Å². The van der Waals surface area contributed by atoms with Crippen LogP contribution >= 0.6 is 0 Å². The standard InChI is InChI=1S/C23H30N4O2/c24-23-26(16-15-25-13-7-2-8-14-25)21-11-5-6-12-22(21)27(23)17-19(28)18-29-20-9-3-1-4-10-20/h1,3-6,9-12,19,24,28H,2,7-8,13-18H2/p+1. The third-order valence-electron chi connectivity index (χ3n) is 5.68. The molecule has 3 N–H and O–H groups in total. The molecule has 1 aliphatic heterocycles. The van der Waals surface area contributed by atoms with Crippen molar-refractivity contribution in [1.29, 1.82) is 0 Å². The van der Waals surface area contributed by atoms with Crippen molar-refractivity contribution in [1.82, 2.24) is 9.47 Å². The Kier molecular flexibility index (Phi) is 6.32. The fourth-order valence-electron chi connectivity index (χ4n) is 4.14. The van der Waals surface area contributed by atoms with Crippen molar-refractivity contribution in [3.05, 3.63) is 54.6 Å². The monoisotopic (exact) mass is 395 g/mol. The van der Waals surface area contributed by atoms with Gasteiger partial charge in [0.2, 0.25) is 0 Å². The molecule has 4 rings (SSSR count). The predicted molar refractivity (Wildman–Crippen MR) is 115 cm³/mol. The third-order valence-corrected chi connectivity index (χ3v) is 5.68. The lowest BCUT2D eigenvalue weighted by molar-refractivity contribution is -0.665. The van der Waals surface area contributed by atoms with Gasteiger partial charge in [-0.3, -0.25) is 5.73 Å². The highest BCUT2D eigenvalue weighted by atomic mass is 16.5. The Bertz CT molecular complexity index is 919. The SMILES string of the molecule is Nc1n(CCN2CCCCC2)c2ccccc2[n+]1CC(O)COc1ccccc1. The number of piperidine rings is 1. The van der Waals surface area contributed by atoms with Crippen LogP contribution < -0.4 is 15.0 Å². The minimum absolute atomic E-state index is 0.226. The van der Waals surface area contributed by atoms with Crippen molar-refractivity contribution >= 4 is 17.0 Å². The number of nitrogens with zero attached hydrogens (tertiary/aromatic N) is 3. The highest BCUT2D eigenvalue weighted by Gasteiger charge is 2.23. The van der Waals surface area contributed by atoms with Gasteiger partial charge in [-0.15, -0.1) is 0 Å². The zero-order valence-corrected chi connectivity index (χ0v) is 16.9. The number of aliphatic hydroxyl groups is 1. The van der Waals surface area contributed by atoms with Gasteiger partial charge in [-0.05, 0) is 50.2 Å². The number of aromatic nitrogens is 2. The van der Waals surface area contributed by atoms with Crippen molar-refractivity contribution in [3.63, 3.8) is 0 Å². The van der Waals surface area contributed by atoms with E-state index in [9.17, 15) is 5.11 Å². The molecule has 0 amide bonds. The fraction of sp³-hybridized carbons (Fsp3) is 0.435. The Labute approximate surface area is 172 Å². The summed E-state index contributed by atoms with van der Waals surface area (Å²) in [5.41, 5.74) is 8.70. The molecule has 0 radical (unpaired) electrons. The highest BCUT2D eigenvalue weighted by Crippen LogP contribution is 2.17. The minimum atomic E-state index is -0.649. The van der Waals surface area contributed by atoms with Gasteiger partial charge in [0.15, 0.2) is 0 Å². The number of nitrogens with two attached hydrogens (primary N) is 1. The maximum atomic E-state index is 10.6. The number of fused-ring (bicyclic) bond motifs is 1. The number of imidazole rings is 1. The number of para-hydroxylation sites is 3. The van der Waals surface area contributed by atoms with Crippen LogP contribution in [0.2, 0.25) is 0 Å². The molecule has 3 aromatic rings. The first-order valence-corrected chi connectivity index (χ1v) is 10.6. The van der Waals surface area contributed by atoms with Gasteiger partial charge in [-0.25, -0.2) is 9.13 Å². The van der Waals surface area contributed by atoms with Crippen molar-refractivity contribution in [3.8, 4) is 5.75 Å². The number of benzene rings is 2. The van der Waals surface area contributed by atoms with Gasteiger partial charge in [0.25, 0.3) is 0 Å². The summed E-state index contributed by atoms with van der Waals surface area (Å²) in [6.07, 6.45) is 3.27. The fourth-order valence-corrected chi connectivity index (χ4v) is 4.14. The Balaban J connectivity index is 1.47. The van der Waals surface area contributed by atoms with Crippen LogP contribution in [0.3, 0.4) is 0 Å². The van der Waals surface area contributed by atoms with Crippen molar-refractivity contribution in [2.75, 3.05) is 32.0 Å². The van der Waals surface area contributed by atoms with Crippen LogP contribution in [0.1, 0.15) is 19.3 Å². The van der Waals surface area contributed by atoms with Crippen molar-refractivity contribution in [2.45, 2.75) is 38.5 Å². The second-order valence-electron chi connectivity index (χ2n) is 7.79. The Morgan fingerprint density at radius 2 is 1.69 bits per heavy atom. The lowest BCUT2D eigenvalue weighted by Gasteiger charge is -2.25. The lowest BCUT2D eigenvalue weighted by atomic mass is 10.1. The number of hydrogen-bond acceptors (Lipinski definition) is 4. The van der Waals surface area contributed by atoms with E-state index < -0.39 is 6.10 Å². The van der Waals surface area contributed by atoms with E-state index in [1.54, 1.807) is 0 Å². The van der Waals surface area contributed by atoms with Gasteiger partial charge >= 0.3 is 5.95 Å². The lowest BCUT2D eigenvalue weighted by Crippen LogP contribution is -2.44. The molecule has 6 heteroatoms. The predicted octanol–water partition coefficient (Wildman–Crippen LogP) is 2.44. The van der Waals surface area contributed by atoms with Crippen LogP contribution in [-0.4, -0.2) is 46.9 Å². The largest absolute Gasteiger partial charge is 0.491 e. The van der Waals surface area contributed by atoms with Gasteiger partial charge in [-0.2, -0.15) is 0 Å². The third kappa shape index (κ3) is 4.71. The molecule has 154 valence electrons. The Hall–Kier alpha value is -2.57. The second kappa shape index (κ2) is 9.29. The summed E-state index contributed by atoms with van der Waals surface area (Å²) in [4.78, 5) is 2.52. The molecule has 1 saturated heterocycles. The Morgan fingerprint density at radius 1 is 0.966 bits per heavy atom. The molecule has 2 aromatic carbocycles. The molecule has 1 aliphatic rings. The first-order chi connectivity index (χ1) is 14.2. The molecule has 1 aromatic heterocycles. The Morgan fingerprint density at radius 3 is 2.48 bits per heavy atom. The van der Waals surface area contributed by atoms with Gasteiger partial charge in [-0.1, -0.05) is 36.8 Å². The van der Waals surface area contributed by atoms with E-state index in [-0.39, 0.29) is 6.61 Å². The number of likely N-dealkylation sites (tertiary alicyclic amines) is 1. The normalized spacial score (nSPS) is 16.2. The van der Waals surface area contributed by atoms with Crippen LogP contribution in [0.4, 0.5) is 5.95 Å². The van der Waals surface area contributed by atoms with E-state index >= 15 is 0 Å². The molecular formula is C23H31N4O2+. The van der Waals surface area contributed by atoms with Crippen LogP contribution in [-0.2, 0) is 13.1 Å². The summed E-state index contributed by atoms with van der Waals surface area (Å²) in [5, 5.41) is 10.6. The smallest absolute Gasteiger partial charge is 0.356 e. The quantitative estimate of drug-likeness (QED) is 0.575. The molecule has 1 atom stereocenters. The molecule has 1 fully saturated rings. The first-order valence-electron chi connectivity index (χ1n) is 10.6. The number of anilines is 1. The number of nitrogen functional groups attached to an aromatic ring is 1. The average Bonchev–Trinajstić information content (AvgIpc) is 3.03. The maximum absolute atomic E-state index is 10.6. The van der Waals surface area contributed by atoms with E-state index in [4.69, 9.17) is 10.5 Å². The van der Waals surface area contributed by atoms with Gasteiger partial charge in [0, 0.05) is 6.54 Å². The van der Waals surface area contributed by atoms with Crippen LogP contribution in [0.25, 0.3) is 11.0 Å². The van der Waals surface area contributed by atoms with E-state index in [2.05, 4.69) is 21.6 Å². The molecule has 2 heterocycles. The molecule has 6 nitrogen and oxygen atoms in total. The number of rotatable bonds is 8. The minimum Gasteiger partial charge on any atom is -0.491 e. The summed E-state index contributed by atoms with van der Waals surface area (Å²) in [6.45, 7) is 4.83. The topological polar surface area (TPSA) is 67.5 Å². The number of ether oxygens (including phenoxy) is 1. The molecule has 0 spiro atoms. The number of hydrogen-bond donors (Lipinski definition) is 2. The zero-order chi connectivity index (χ0) is 20.1. The average molecular weight is 396 g/mol. The summed E-state index contributed by atoms with van der Waals surface area (Å²) in [7, 11) is 0. The summed E-state index contributed by atoms with van der Waals surface area (Å²) in [6, 6.07) is 17.8. The maximum Gasteiger partial charge on any atom is 0.356 e. The van der Waals surface area contributed by atoms with Crippen molar-refractivity contribution < 1.29 is 14.4 Å². The first kappa shape index (κ1) is 19.7. The van der Waals surface area contributed by atoms with E-state index in [1.807, 2.05) is 47.0 Å². The van der Waals surface area contributed by atoms with Crippen molar-refractivity contribution in [2.24, 2.45) is 0 Å². The molecular weight excluding hydrogens is 364 g/mol. The summed E-state index contributed by atoms with van der Waals surface area (Å²) in [5.74, 6) is 1.44. The van der Waals surface area contributed by atoms with Gasteiger partial charge < -0.3 is 14.7 Å². The van der Waals surface area contributed by atoms with Gasteiger partial charge in [0.05, 0.1) is 6.54 Å². The molecule has 0 bridgehead atoms. The highest BCUT2D eigenvalue weighted by molar-refractivity contribution is 5.73. The molecule has 0 aliphatic carbocycles.